The summed E-state index contributed by atoms with van der Waals surface area (Å²) in [5.41, 5.74) is 0.166. The van der Waals surface area contributed by atoms with Gasteiger partial charge in [0.1, 0.15) is 4.90 Å². The Bertz CT molecular complexity index is 766. The molecule has 118 valence electrons. The first-order valence-electron chi connectivity index (χ1n) is 6.45. The predicted octanol–water partition coefficient (Wildman–Crippen LogP) is 0.986. The third kappa shape index (κ3) is 3.42. The highest BCUT2D eigenvalue weighted by Gasteiger charge is 2.20. The SMILES string of the molecule is COc1ccc(S(=O)(=O)NC(=O)c2cnn(C(C)C)c2)cn1. The zero-order valence-corrected chi connectivity index (χ0v) is 13.2. The van der Waals surface area contributed by atoms with Gasteiger partial charge in [-0.3, -0.25) is 9.48 Å². The van der Waals surface area contributed by atoms with Gasteiger partial charge in [0.15, 0.2) is 0 Å². The van der Waals surface area contributed by atoms with Crippen molar-refractivity contribution in [1.29, 1.82) is 0 Å². The van der Waals surface area contributed by atoms with Crippen LogP contribution in [0.1, 0.15) is 30.2 Å². The van der Waals surface area contributed by atoms with Crippen LogP contribution in [-0.2, 0) is 10.0 Å². The molecule has 0 unspecified atom stereocenters. The van der Waals surface area contributed by atoms with E-state index in [1.165, 1.54) is 31.6 Å². The van der Waals surface area contributed by atoms with Gasteiger partial charge in [-0.05, 0) is 19.9 Å². The fourth-order valence-electron chi connectivity index (χ4n) is 1.62. The molecular formula is C13H16N4O4S. The first-order valence-corrected chi connectivity index (χ1v) is 7.93. The number of sulfonamides is 1. The van der Waals surface area contributed by atoms with Gasteiger partial charge in [-0.2, -0.15) is 5.10 Å². The molecule has 22 heavy (non-hydrogen) atoms. The molecule has 2 aromatic heterocycles. The standard InChI is InChI=1S/C13H16N4O4S/c1-9(2)17-8-10(6-15-17)13(18)16-22(19,20)11-4-5-12(21-3)14-7-11/h4-9H,1-3H3,(H,16,18). The molecule has 2 aromatic rings. The molecule has 0 bridgehead atoms. The minimum atomic E-state index is -4.00. The Morgan fingerprint density at radius 2 is 2.05 bits per heavy atom. The number of nitrogens with zero attached hydrogens (tertiary/aromatic N) is 3. The summed E-state index contributed by atoms with van der Waals surface area (Å²) >= 11 is 0. The van der Waals surface area contributed by atoms with Gasteiger partial charge in [-0.1, -0.05) is 0 Å². The third-order valence-electron chi connectivity index (χ3n) is 2.85. The van der Waals surface area contributed by atoms with Gasteiger partial charge in [0.25, 0.3) is 15.9 Å². The predicted molar refractivity (Wildman–Crippen MR) is 78.1 cm³/mol. The molecule has 0 fully saturated rings. The maximum absolute atomic E-state index is 12.1. The Kier molecular flexibility index (Phi) is 4.45. The molecule has 0 aliphatic rings. The summed E-state index contributed by atoms with van der Waals surface area (Å²) in [5.74, 6) is -0.466. The number of methoxy groups -OCH3 is 1. The zero-order valence-electron chi connectivity index (χ0n) is 12.3. The minimum Gasteiger partial charge on any atom is -0.481 e. The Hall–Kier alpha value is -2.42. The van der Waals surface area contributed by atoms with Crippen molar-refractivity contribution in [3.63, 3.8) is 0 Å². The van der Waals surface area contributed by atoms with Crippen molar-refractivity contribution >= 4 is 15.9 Å². The summed E-state index contributed by atoms with van der Waals surface area (Å²) in [6.07, 6.45) is 3.92. The number of carbonyl (C=O) groups is 1. The molecule has 0 aliphatic carbocycles. The summed E-state index contributed by atoms with van der Waals surface area (Å²) in [7, 11) is -2.58. The summed E-state index contributed by atoms with van der Waals surface area (Å²) in [6.45, 7) is 3.79. The van der Waals surface area contributed by atoms with E-state index < -0.39 is 15.9 Å². The molecule has 1 N–H and O–H groups in total. The zero-order chi connectivity index (χ0) is 16.3. The van der Waals surface area contributed by atoms with Crippen molar-refractivity contribution in [2.24, 2.45) is 0 Å². The molecule has 0 atom stereocenters. The van der Waals surface area contributed by atoms with E-state index in [0.717, 1.165) is 6.20 Å². The van der Waals surface area contributed by atoms with Crippen LogP contribution in [0.5, 0.6) is 5.88 Å². The van der Waals surface area contributed by atoms with E-state index in [4.69, 9.17) is 4.74 Å². The van der Waals surface area contributed by atoms with Crippen LogP contribution in [0, 0.1) is 0 Å². The maximum atomic E-state index is 12.1. The molecule has 0 aromatic carbocycles. The van der Waals surface area contributed by atoms with Gasteiger partial charge < -0.3 is 4.74 Å². The van der Waals surface area contributed by atoms with Crippen molar-refractivity contribution in [3.05, 3.63) is 36.3 Å². The average Bonchev–Trinajstić information content (AvgIpc) is 2.97. The maximum Gasteiger partial charge on any atom is 0.268 e. The van der Waals surface area contributed by atoms with Gasteiger partial charge in [0, 0.05) is 18.3 Å². The second-order valence-electron chi connectivity index (χ2n) is 4.77. The smallest absolute Gasteiger partial charge is 0.268 e. The normalized spacial score (nSPS) is 11.5. The average molecular weight is 324 g/mol. The lowest BCUT2D eigenvalue weighted by Crippen LogP contribution is -2.30. The lowest BCUT2D eigenvalue weighted by Gasteiger charge is -2.06. The van der Waals surface area contributed by atoms with Crippen LogP contribution >= 0.6 is 0 Å². The Labute approximate surface area is 128 Å². The molecule has 0 spiro atoms. The molecule has 1 amide bonds. The van der Waals surface area contributed by atoms with E-state index in [-0.39, 0.29) is 22.4 Å². The Morgan fingerprint density at radius 1 is 1.32 bits per heavy atom. The van der Waals surface area contributed by atoms with Gasteiger partial charge in [0.05, 0.1) is 25.1 Å². The third-order valence-corrected chi connectivity index (χ3v) is 4.16. The molecule has 0 radical (unpaired) electrons. The fourth-order valence-corrected chi connectivity index (χ4v) is 2.54. The van der Waals surface area contributed by atoms with Crippen LogP contribution in [0.25, 0.3) is 0 Å². The van der Waals surface area contributed by atoms with Crippen molar-refractivity contribution in [2.45, 2.75) is 24.8 Å². The molecular weight excluding hydrogens is 308 g/mol. The van der Waals surface area contributed by atoms with E-state index >= 15 is 0 Å². The van der Waals surface area contributed by atoms with Crippen molar-refractivity contribution in [3.8, 4) is 5.88 Å². The molecule has 0 aliphatic heterocycles. The van der Waals surface area contributed by atoms with Crippen molar-refractivity contribution in [2.75, 3.05) is 7.11 Å². The minimum absolute atomic E-state index is 0.0731. The van der Waals surface area contributed by atoms with E-state index in [0.29, 0.717) is 0 Å². The molecule has 9 heteroatoms. The van der Waals surface area contributed by atoms with Crippen molar-refractivity contribution in [1.82, 2.24) is 19.5 Å². The van der Waals surface area contributed by atoms with Gasteiger partial charge in [-0.15, -0.1) is 0 Å². The number of amides is 1. The van der Waals surface area contributed by atoms with E-state index in [2.05, 4.69) is 10.1 Å². The van der Waals surface area contributed by atoms with Crippen LogP contribution in [0.4, 0.5) is 0 Å². The number of rotatable bonds is 5. The van der Waals surface area contributed by atoms with Gasteiger partial charge in [-0.25, -0.2) is 18.1 Å². The largest absolute Gasteiger partial charge is 0.481 e. The van der Waals surface area contributed by atoms with E-state index in [9.17, 15) is 13.2 Å². The number of hydrogen-bond donors (Lipinski definition) is 1. The monoisotopic (exact) mass is 324 g/mol. The van der Waals surface area contributed by atoms with Crippen LogP contribution in [-0.4, -0.2) is 36.2 Å². The van der Waals surface area contributed by atoms with Crippen LogP contribution < -0.4 is 9.46 Å². The first kappa shape index (κ1) is 16.0. The number of hydrogen-bond acceptors (Lipinski definition) is 6. The highest BCUT2D eigenvalue weighted by molar-refractivity contribution is 7.90. The molecule has 0 saturated heterocycles. The van der Waals surface area contributed by atoms with E-state index in [1.54, 1.807) is 4.68 Å². The molecule has 2 heterocycles. The van der Waals surface area contributed by atoms with Gasteiger partial charge >= 0.3 is 0 Å². The number of pyridine rings is 1. The number of aromatic nitrogens is 3. The van der Waals surface area contributed by atoms with E-state index in [1.807, 2.05) is 18.6 Å². The highest BCUT2D eigenvalue weighted by atomic mass is 32.2. The quantitative estimate of drug-likeness (QED) is 0.879. The lowest BCUT2D eigenvalue weighted by molar-refractivity contribution is 0.0981. The summed E-state index contributed by atoms with van der Waals surface area (Å²) in [5, 5.41) is 3.99. The van der Waals surface area contributed by atoms with Crippen molar-refractivity contribution < 1.29 is 17.9 Å². The van der Waals surface area contributed by atoms with Crippen LogP contribution in [0.3, 0.4) is 0 Å². The second kappa shape index (κ2) is 6.14. The lowest BCUT2D eigenvalue weighted by atomic mass is 10.3. The Balaban J connectivity index is 2.17. The summed E-state index contributed by atoms with van der Waals surface area (Å²) in [4.78, 5) is 15.7. The number of nitrogens with one attached hydrogen (secondary N) is 1. The highest BCUT2D eigenvalue weighted by Crippen LogP contribution is 2.12. The molecule has 0 saturated carbocycles. The number of carbonyl (C=O) groups excluding carboxylic acids is 1. The van der Waals surface area contributed by atoms with Gasteiger partial charge in [0.2, 0.25) is 5.88 Å². The summed E-state index contributed by atoms with van der Waals surface area (Å²) in [6, 6.07) is 2.78. The van der Waals surface area contributed by atoms with Crippen LogP contribution in [0.15, 0.2) is 35.6 Å². The molecule has 2 rings (SSSR count). The van der Waals surface area contributed by atoms with Crippen LogP contribution in [0.2, 0.25) is 0 Å². The Morgan fingerprint density at radius 3 is 2.55 bits per heavy atom. The molecule has 8 nitrogen and oxygen atoms in total. The first-order chi connectivity index (χ1) is 10.3. The fraction of sp³-hybridized carbons (Fsp3) is 0.308. The number of ether oxygens (including phenoxy) is 1. The second-order valence-corrected chi connectivity index (χ2v) is 6.46. The summed E-state index contributed by atoms with van der Waals surface area (Å²) < 4.78 is 32.6. The topological polar surface area (TPSA) is 103 Å².